The van der Waals surface area contributed by atoms with Crippen molar-refractivity contribution in [3.8, 4) is 6.07 Å². The number of nitrogens with zero attached hydrogens (tertiary/aromatic N) is 4. The first kappa shape index (κ1) is 16.3. The largest absolute Gasteiger partial charge is 0.322 e. The lowest BCUT2D eigenvalue weighted by Gasteiger charge is -2.11. The second kappa shape index (κ2) is 6.26. The van der Waals surface area contributed by atoms with Gasteiger partial charge < -0.3 is 5.32 Å². The zero-order chi connectivity index (χ0) is 18.3. The minimum Gasteiger partial charge on any atom is -0.322 e. The molecule has 1 saturated carbocycles. The third kappa shape index (κ3) is 2.93. The number of amides is 1. The van der Waals surface area contributed by atoms with Gasteiger partial charge in [-0.15, -0.1) is 0 Å². The molecular weight excluding hydrogens is 326 g/mol. The van der Waals surface area contributed by atoms with E-state index in [0.717, 1.165) is 29.6 Å². The first-order valence-corrected chi connectivity index (χ1v) is 8.76. The molecule has 0 atom stereocenters. The Kier molecular flexibility index (Phi) is 3.92. The summed E-state index contributed by atoms with van der Waals surface area (Å²) in [6.07, 6.45) is 3.93. The fraction of sp³-hybridized carbons (Fsp3) is 0.300. The van der Waals surface area contributed by atoms with Crippen molar-refractivity contribution in [1.82, 2.24) is 14.8 Å². The topological polar surface area (TPSA) is 83.6 Å². The molecule has 26 heavy (non-hydrogen) atoms. The van der Waals surface area contributed by atoms with E-state index >= 15 is 0 Å². The Hall–Kier alpha value is -3.20. The standard InChI is InChI=1S/C20H19N5O/c1-12(2)25-19-17(11-22-25)16(9-18(24-19)14-6-7-14)20(26)23-15-5-3-4-13(8-15)10-21/h3-5,8-9,11-12,14H,6-7H2,1-2H3,(H,23,26). The van der Waals surface area contributed by atoms with E-state index in [-0.39, 0.29) is 11.9 Å². The van der Waals surface area contributed by atoms with Crippen molar-refractivity contribution in [2.45, 2.75) is 38.6 Å². The van der Waals surface area contributed by atoms with Crippen LogP contribution in [0.15, 0.2) is 36.5 Å². The van der Waals surface area contributed by atoms with Gasteiger partial charge in [0.2, 0.25) is 0 Å². The number of nitrogens with one attached hydrogen (secondary N) is 1. The van der Waals surface area contributed by atoms with E-state index in [2.05, 4.69) is 16.5 Å². The lowest BCUT2D eigenvalue weighted by Crippen LogP contribution is -2.14. The number of carbonyl (C=O) groups excluding carboxylic acids is 1. The molecule has 4 rings (SSSR count). The van der Waals surface area contributed by atoms with Gasteiger partial charge in [-0.3, -0.25) is 4.79 Å². The third-order valence-electron chi connectivity index (χ3n) is 4.57. The highest BCUT2D eigenvalue weighted by Gasteiger charge is 2.28. The minimum atomic E-state index is -0.210. The smallest absolute Gasteiger partial charge is 0.256 e. The van der Waals surface area contributed by atoms with Gasteiger partial charge in [-0.25, -0.2) is 9.67 Å². The SMILES string of the molecule is CC(C)n1ncc2c(C(=O)Nc3cccc(C#N)c3)cc(C3CC3)nc21. The summed E-state index contributed by atoms with van der Waals surface area (Å²) in [7, 11) is 0. The normalized spacial score (nSPS) is 13.8. The molecule has 1 N–H and O–H groups in total. The molecule has 0 radical (unpaired) electrons. The zero-order valence-electron chi connectivity index (χ0n) is 14.7. The molecule has 1 aliphatic carbocycles. The fourth-order valence-corrected chi connectivity index (χ4v) is 3.06. The van der Waals surface area contributed by atoms with Crippen LogP contribution >= 0.6 is 0 Å². The Morgan fingerprint density at radius 3 is 2.85 bits per heavy atom. The quantitative estimate of drug-likeness (QED) is 0.774. The van der Waals surface area contributed by atoms with Crippen LogP contribution in [0.5, 0.6) is 0 Å². The monoisotopic (exact) mass is 345 g/mol. The van der Waals surface area contributed by atoms with Crippen LogP contribution in [-0.4, -0.2) is 20.7 Å². The summed E-state index contributed by atoms with van der Waals surface area (Å²) in [5.74, 6) is 0.223. The molecular formula is C20H19N5O. The maximum atomic E-state index is 12.9. The number of hydrogen-bond acceptors (Lipinski definition) is 4. The number of pyridine rings is 1. The Morgan fingerprint density at radius 1 is 1.35 bits per heavy atom. The Bertz CT molecular complexity index is 1040. The van der Waals surface area contributed by atoms with Crippen LogP contribution in [0.25, 0.3) is 11.0 Å². The molecule has 1 fully saturated rings. The van der Waals surface area contributed by atoms with E-state index in [1.54, 1.807) is 30.5 Å². The summed E-state index contributed by atoms with van der Waals surface area (Å²) in [6, 6.07) is 11.0. The average molecular weight is 345 g/mol. The van der Waals surface area contributed by atoms with Crippen molar-refractivity contribution in [3.63, 3.8) is 0 Å². The molecule has 1 aromatic carbocycles. The zero-order valence-corrected chi connectivity index (χ0v) is 14.7. The van der Waals surface area contributed by atoms with Crippen molar-refractivity contribution in [1.29, 1.82) is 5.26 Å². The molecule has 130 valence electrons. The second-order valence-electron chi connectivity index (χ2n) is 6.94. The molecule has 0 saturated heterocycles. The molecule has 0 bridgehead atoms. The van der Waals surface area contributed by atoms with E-state index in [4.69, 9.17) is 10.2 Å². The van der Waals surface area contributed by atoms with Crippen LogP contribution in [0.2, 0.25) is 0 Å². The van der Waals surface area contributed by atoms with Gasteiger partial charge in [-0.05, 0) is 51.0 Å². The fourth-order valence-electron chi connectivity index (χ4n) is 3.06. The number of benzene rings is 1. The molecule has 2 heterocycles. The highest BCUT2D eigenvalue weighted by molar-refractivity contribution is 6.12. The van der Waals surface area contributed by atoms with E-state index in [1.165, 1.54) is 0 Å². The number of fused-ring (bicyclic) bond motifs is 1. The van der Waals surface area contributed by atoms with Gasteiger partial charge >= 0.3 is 0 Å². The molecule has 6 nitrogen and oxygen atoms in total. The number of anilines is 1. The molecule has 2 aromatic heterocycles. The van der Waals surface area contributed by atoms with Crippen LogP contribution in [0.4, 0.5) is 5.69 Å². The summed E-state index contributed by atoms with van der Waals surface area (Å²) in [4.78, 5) is 17.7. The first-order valence-electron chi connectivity index (χ1n) is 8.76. The van der Waals surface area contributed by atoms with Crippen molar-refractivity contribution >= 4 is 22.6 Å². The van der Waals surface area contributed by atoms with E-state index in [0.29, 0.717) is 22.7 Å². The minimum absolute atomic E-state index is 0.165. The van der Waals surface area contributed by atoms with Crippen molar-refractivity contribution in [3.05, 3.63) is 53.3 Å². The van der Waals surface area contributed by atoms with E-state index in [1.807, 2.05) is 24.6 Å². The highest BCUT2D eigenvalue weighted by Crippen LogP contribution is 2.40. The number of carbonyl (C=O) groups is 1. The third-order valence-corrected chi connectivity index (χ3v) is 4.57. The molecule has 0 unspecified atom stereocenters. The van der Waals surface area contributed by atoms with Crippen molar-refractivity contribution < 1.29 is 4.79 Å². The number of hydrogen-bond donors (Lipinski definition) is 1. The predicted octanol–water partition coefficient (Wildman–Crippen LogP) is 4.01. The van der Waals surface area contributed by atoms with Crippen LogP contribution in [0.1, 0.15) is 60.3 Å². The maximum Gasteiger partial charge on any atom is 0.256 e. The first-order chi connectivity index (χ1) is 12.6. The van der Waals surface area contributed by atoms with Crippen LogP contribution in [0, 0.1) is 11.3 Å². The van der Waals surface area contributed by atoms with Crippen molar-refractivity contribution in [2.75, 3.05) is 5.32 Å². The van der Waals surface area contributed by atoms with Crippen LogP contribution in [0.3, 0.4) is 0 Å². The Labute approximate surface area is 151 Å². The molecule has 6 heteroatoms. The van der Waals surface area contributed by atoms with E-state index in [9.17, 15) is 4.79 Å². The number of rotatable bonds is 4. The van der Waals surface area contributed by atoms with Crippen molar-refractivity contribution in [2.24, 2.45) is 0 Å². The van der Waals surface area contributed by atoms with Crippen LogP contribution < -0.4 is 5.32 Å². The van der Waals surface area contributed by atoms with Gasteiger partial charge in [-0.1, -0.05) is 6.07 Å². The van der Waals surface area contributed by atoms with Gasteiger partial charge in [0.25, 0.3) is 5.91 Å². The highest BCUT2D eigenvalue weighted by atomic mass is 16.1. The summed E-state index contributed by atoms with van der Waals surface area (Å²) in [5, 5.41) is 17.1. The Balaban J connectivity index is 1.77. The van der Waals surface area contributed by atoms with Gasteiger partial charge in [0, 0.05) is 23.3 Å². The summed E-state index contributed by atoms with van der Waals surface area (Å²) < 4.78 is 1.86. The van der Waals surface area contributed by atoms with Gasteiger partial charge in [-0.2, -0.15) is 10.4 Å². The Morgan fingerprint density at radius 2 is 2.15 bits per heavy atom. The molecule has 1 aliphatic rings. The second-order valence-corrected chi connectivity index (χ2v) is 6.94. The van der Waals surface area contributed by atoms with Gasteiger partial charge in [0.1, 0.15) is 0 Å². The maximum absolute atomic E-state index is 12.9. The molecule has 0 spiro atoms. The van der Waals surface area contributed by atoms with E-state index < -0.39 is 0 Å². The summed E-state index contributed by atoms with van der Waals surface area (Å²) >= 11 is 0. The summed E-state index contributed by atoms with van der Waals surface area (Å²) in [6.45, 7) is 4.09. The van der Waals surface area contributed by atoms with Crippen LogP contribution in [-0.2, 0) is 0 Å². The number of aromatic nitrogens is 3. The average Bonchev–Trinajstić information content (AvgIpc) is 3.39. The summed E-state index contributed by atoms with van der Waals surface area (Å²) in [5.41, 5.74) is 3.39. The van der Waals surface area contributed by atoms with Gasteiger partial charge in [0.15, 0.2) is 5.65 Å². The lowest BCUT2D eigenvalue weighted by atomic mass is 10.1. The predicted molar refractivity (Wildman–Crippen MR) is 99.0 cm³/mol. The molecule has 0 aliphatic heterocycles. The van der Waals surface area contributed by atoms with Gasteiger partial charge in [0.05, 0.1) is 28.8 Å². The molecule has 3 aromatic rings. The number of nitriles is 1. The molecule has 1 amide bonds. The lowest BCUT2D eigenvalue weighted by molar-refractivity contribution is 0.102.